The number of benzene rings is 4. The van der Waals surface area contributed by atoms with Crippen molar-refractivity contribution in [3.05, 3.63) is 72.8 Å². The molecule has 284 valence electrons. The number of esters is 2. The fourth-order valence-corrected chi connectivity index (χ4v) is 14.7. The van der Waals surface area contributed by atoms with E-state index in [1.165, 1.54) is 37.1 Å². The van der Waals surface area contributed by atoms with Crippen molar-refractivity contribution >= 4 is 63.4 Å². The minimum Gasteiger partial charge on any atom is -0.469 e. The number of carbonyl (C=O) groups excluding carboxylic acids is 2. The second-order valence-electron chi connectivity index (χ2n) is 17.9. The predicted octanol–water partition coefficient (Wildman–Crippen LogP) is 12.9. The molecule has 0 saturated heterocycles. The molecule has 4 fully saturated rings. The van der Waals surface area contributed by atoms with Gasteiger partial charge in [0.2, 0.25) is 8.01 Å². The summed E-state index contributed by atoms with van der Waals surface area (Å²) in [6.07, 6.45) is 10.2. The van der Waals surface area contributed by atoms with Crippen LogP contribution in [0.25, 0.3) is 43.5 Å². The monoisotopic (exact) mass is 746 g/mol. The molecule has 4 aliphatic rings. The number of hydrogen-bond acceptors (Lipinski definition) is 6. The second-order valence-corrected chi connectivity index (χ2v) is 19.5. The van der Waals surface area contributed by atoms with Crippen LogP contribution in [-0.4, -0.2) is 25.2 Å². The molecule has 0 amide bonds. The Kier molecular flexibility index (Phi) is 9.15. The lowest BCUT2D eigenvalue weighted by molar-refractivity contribution is -0.193. The molecule has 0 spiro atoms. The summed E-state index contributed by atoms with van der Waals surface area (Å²) < 4.78 is 25.9. The molecule has 0 bridgehead atoms. The molecular formula is C47H55O6P. The summed E-state index contributed by atoms with van der Waals surface area (Å²) in [5, 5.41) is 6.87. The van der Waals surface area contributed by atoms with Crippen LogP contribution in [0.1, 0.15) is 97.6 Å². The van der Waals surface area contributed by atoms with Gasteiger partial charge in [-0.2, -0.15) is 0 Å². The van der Waals surface area contributed by atoms with Crippen molar-refractivity contribution in [3.63, 3.8) is 0 Å². The van der Waals surface area contributed by atoms with Crippen molar-refractivity contribution in [2.75, 3.05) is 7.11 Å². The predicted molar refractivity (Wildman–Crippen MR) is 217 cm³/mol. The van der Waals surface area contributed by atoms with Gasteiger partial charge in [0, 0.05) is 40.3 Å². The lowest BCUT2D eigenvalue weighted by Gasteiger charge is -2.62. The van der Waals surface area contributed by atoms with Crippen LogP contribution < -0.4 is 0 Å². The standard InChI is InChI=1S/C47H55O6P/c1-28(14-23-43(49)50-5)39-21-22-40-38-20-17-32-26-33(24-25-46(32,3)41(38)27-42(47(39,40)4)51-29(2)48)54-52-44-34-12-8-6-10-30(34)15-18-36(44)37-19-16-31-11-7-9-13-35(31)45(37)53-54/h6-13,15-16,18-19,28,32-33,38-42H,14,17,20-27H2,1-5H3/t28-,32-,33-,38+,39-,40+,41+,42+,46+,47-/m1/s1. The number of fused-ring (bicyclic) bond motifs is 12. The van der Waals surface area contributed by atoms with Gasteiger partial charge in [-0.15, -0.1) is 0 Å². The van der Waals surface area contributed by atoms with E-state index >= 15 is 0 Å². The SMILES string of the molecule is COC(=O)CC[C@@H](C)[C@H]1CC[C@H]2[C@@H]3CC[C@@H]4C[C@H](p5oc6c7ccccc7ccc6c6ccc7ccccc7c6o5)CC[C@]4(C)[C@H]3C[C@H](OC(C)=O)[C@]12C. The summed E-state index contributed by atoms with van der Waals surface area (Å²) in [6.45, 7) is 8.91. The topological polar surface area (TPSA) is 78.9 Å². The number of hydrogen-bond donors (Lipinski definition) is 0. The zero-order chi connectivity index (χ0) is 37.4. The number of carbonyl (C=O) groups is 2. The molecule has 0 unspecified atom stereocenters. The summed E-state index contributed by atoms with van der Waals surface area (Å²) in [5.41, 5.74) is 2.32. The number of methoxy groups -OCH3 is 1. The van der Waals surface area contributed by atoms with Gasteiger partial charge in [-0.05, 0) is 122 Å². The van der Waals surface area contributed by atoms with E-state index in [2.05, 4.69) is 93.6 Å². The van der Waals surface area contributed by atoms with Crippen molar-refractivity contribution < 1.29 is 27.5 Å². The first-order valence-electron chi connectivity index (χ1n) is 20.5. The fraction of sp³-hybridized carbons (Fsp3) is 0.532. The van der Waals surface area contributed by atoms with Gasteiger partial charge in [-0.3, -0.25) is 9.59 Å². The highest BCUT2D eigenvalue weighted by Gasteiger charge is 2.65. The Bertz CT molecular complexity index is 2200. The smallest absolute Gasteiger partial charge is 0.305 e. The Balaban J connectivity index is 1.07. The van der Waals surface area contributed by atoms with Crippen molar-refractivity contribution in [1.82, 2.24) is 0 Å². The Labute approximate surface area is 319 Å². The van der Waals surface area contributed by atoms with Gasteiger partial charge in [0.1, 0.15) is 17.3 Å². The molecule has 7 heteroatoms. The van der Waals surface area contributed by atoms with Gasteiger partial charge in [0.15, 0.2) is 0 Å². The van der Waals surface area contributed by atoms with Gasteiger partial charge >= 0.3 is 11.9 Å². The van der Waals surface area contributed by atoms with Gasteiger partial charge in [-0.1, -0.05) is 81.4 Å². The first-order valence-corrected chi connectivity index (χ1v) is 21.8. The third kappa shape index (κ3) is 5.72. The van der Waals surface area contributed by atoms with E-state index in [1.54, 1.807) is 6.92 Å². The summed E-state index contributed by atoms with van der Waals surface area (Å²) in [4.78, 5) is 24.9. The third-order valence-corrected chi connectivity index (χ3v) is 17.3. The van der Waals surface area contributed by atoms with Crippen LogP contribution in [0.5, 0.6) is 0 Å². The van der Waals surface area contributed by atoms with E-state index < -0.39 is 8.01 Å². The highest BCUT2D eigenvalue weighted by atomic mass is 31.1. The van der Waals surface area contributed by atoms with Crippen molar-refractivity contribution in [3.8, 4) is 0 Å². The maximum Gasteiger partial charge on any atom is 0.305 e. The molecule has 4 aliphatic carbocycles. The molecule has 0 N–H and O–H groups in total. The number of rotatable bonds is 6. The molecule has 4 aromatic carbocycles. The Hall–Kier alpha value is -3.76. The lowest BCUT2D eigenvalue weighted by Crippen LogP contribution is -2.59. The van der Waals surface area contributed by atoms with Crippen LogP contribution in [-0.2, 0) is 19.1 Å². The minimum absolute atomic E-state index is 0.0830. The van der Waals surface area contributed by atoms with Crippen LogP contribution >= 0.6 is 8.01 Å². The molecule has 1 heterocycles. The Morgan fingerprint density at radius 2 is 1.44 bits per heavy atom. The minimum atomic E-state index is -1.27. The molecule has 0 radical (unpaired) electrons. The molecule has 1 aromatic heterocycles. The summed E-state index contributed by atoms with van der Waals surface area (Å²) in [7, 11) is 0.200. The van der Waals surface area contributed by atoms with Gasteiger partial charge in [0.05, 0.1) is 12.8 Å². The summed E-state index contributed by atoms with van der Waals surface area (Å²) >= 11 is 0. The lowest BCUT2D eigenvalue weighted by atomic mass is 9.43. The van der Waals surface area contributed by atoms with Gasteiger partial charge in [0.25, 0.3) is 0 Å². The molecule has 0 aliphatic heterocycles. The van der Waals surface area contributed by atoms with Crippen LogP contribution in [0.2, 0.25) is 0 Å². The second kappa shape index (κ2) is 13.8. The van der Waals surface area contributed by atoms with Gasteiger partial charge < -0.3 is 17.9 Å². The Morgan fingerprint density at radius 1 is 0.796 bits per heavy atom. The van der Waals surface area contributed by atoms with E-state index in [0.717, 1.165) is 71.2 Å². The highest BCUT2D eigenvalue weighted by molar-refractivity contribution is 7.37. The Morgan fingerprint density at radius 3 is 2.07 bits per heavy atom. The van der Waals surface area contributed by atoms with Crippen LogP contribution in [0, 0.1) is 46.3 Å². The normalized spacial score (nSPS) is 32.5. The van der Waals surface area contributed by atoms with Crippen LogP contribution in [0.4, 0.5) is 0 Å². The zero-order valence-electron chi connectivity index (χ0n) is 32.5. The van der Waals surface area contributed by atoms with E-state index in [9.17, 15) is 9.59 Å². The highest BCUT2D eigenvalue weighted by Crippen LogP contribution is 2.70. The average Bonchev–Trinajstić information content (AvgIpc) is 3.44. The average molecular weight is 747 g/mol. The molecular weight excluding hydrogens is 691 g/mol. The molecule has 5 aromatic rings. The molecule has 54 heavy (non-hydrogen) atoms. The summed E-state index contributed by atoms with van der Waals surface area (Å²) in [6, 6.07) is 26.0. The van der Waals surface area contributed by atoms with E-state index in [1.807, 2.05) is 0 Å². The van der Waals surface area contributed by atoms with E-state index in [-0.39, 0.29) is 28.9 Å². The quantitative estimate of drug-likeness (QED) is 0.161. The van der Waals surface area contributed by atoms with Crippen molar-refractivity contribution in [2.24, 2.45) is 46.3 Å². The van der Waals surface area contributed by atoms with Crippen LogP contribution in [0.3, 0.4) is 0 Å². The molecule has 6 nitrogen and oxygen atoms in total. The first kappa shape index (κ1) is 35.9. The fourth-order valence-electron chi connectivity index (χ4n) is 12.8. The van der Waals surface area contributed by atoms with Crippen molar-refractivity contribution in [1.29, 1.82) is 0 Å². The van der Waals surface area contributed by atoms with Crippen molar-refractivity contribution in [2.45, 2.75) is 104 Å². The third-order valence-electron chi connectivity index (χ3n) is 15.5. The zero-order valence-corrected chi connectivity index (χ0v) is 33.4. The van der Waals surface area contributed by atoms with E-state index in [4.69, 9.17) is 17.9 Å². The summed E-state index contributed by atoms with van der Waals surface area (Å²) in [5.74, 6) is 2.71. The van der Waals surface area contributed by atoms with E-state index in [0.29, 0.717) is 47.6 Å². The first-order chi connectivity index (χ1) is 26.1. The molecule has 4 saturated carbocycles. The maximum atomic E-state index is 12.8. The molecule has 10 atom stereocenters. The van der Waals surface area contributed by atoms with Gasteiger partial charge in [-0.25, -0.2) is 0 Å². The largest absolute Gasteiger partial charge is 0.469 e. The maximum absolute atomic E-state index is 12.8. The molecule has 9 rings (SSSR count). The number of ether oxygens (including phenoxy) is 2. The van der Waals surface area contributed by atoms with Crippen LogP contribution in [0.15, 0.2) is 81.2 Å².